The van der Waals surface area contributed by atoms with Crippen LogP contribution in [0, 0.1) is 0 Å². The highest BCUT2D eigenvalue weighted by atomic mass is 32.1. The minimum Gasteiger partial charge on any atom is -0.472 e. The van der Waals surface area contributed by atoms with Crippen LogP contribution in [0.15, 0.2) is 64.9 Å². The number of alkyl halides is 2. The van der Waals surface area contributed by atoms with Crippen molar-refractivity contribution in [3.63, 3.8) is 0 Å². The number of rotatable bonds is 6. The highest BCUT2D eigenvalue weighted by Crippen LogP contribution is 2.40. The average molecular weight is 477 g/mol. The Bertz CT molecular complexity index is 1580. The van der Waals surface area contributed by atoms with E-state index < -0.39 is 13.0 Å². The zero-order valence-corrected chi connectivity index (χ0v) is 18.6. The molecule has 9 heteroatoms. The van der Waals surface area contributed by atoms with Crippen molar-refractivity contribution < 1.29 is 13.5 Å². The van der Waals surface area contributed by atoms with Gasteiger partial charge in [-0.3, -0.25) is 4.79 Å². The van der Waals surface area contributed by atoms with Crippen LogP contribution in [0.4, 0.5) is 8.78 Å². The third-order valence-electron chi connectivity index (χ3n) is 5.86. The van der Waals surface area contributed by atoms with Gasteiger partial charge >= 0.3 is 0 Å². The van der Waals surface area contributed by atoms with E-state index >= 15 is 0 Å². The van der Waals surface area contributed by atoms with Crippen LogP contribution in [0.5, 0.6) is 5.88 Å². The Morgan fingerprint density at radius 3 is 2.62 bits per heavy atom. The Labute approximate surface area is 196 Å². The largest absolute Gasteiger partial charge is 0.472 e. The molecule has 2 aromatic carbocycles. The Hall–Kier alpha value is -3.72. The van der Waals surface area contributed by atoms with Crippen molar-refractivity contribution in [2.75, 3.05) is 6.61 Å². The van der Waals surface area contributed by atoms with Crippen LogP contribution in [-0.4, -0.2) is 32.8 Å². The first-order valence-corrected chi connectivity index (χ1v) is 11.7. The Kier molecular flexibility index (Phi) is 5.06. The summed E-state index contributed by atoms with van der Waals surface area (Å²) < 4.78 is 32.7. The zero-order chi connectivity index (χ0) is 23.2. The summed E-state index contributed by atoms with van der Waals surface area (Å²) in [6, 6.07) is 16.5. The maximum absolute atomic E-state index is 13.8. The molecule has 3 aromatic heterocycles. The van der Waals surface area contributed by atoms with Gasteiger partial charge in [0.25, 0.3) is 12.0 Å². The van der Waals surface area contributed by atoms with Crippen LogP contribution in [0.3, 0.4) is 0 Å². The van der Waals surface area contributed by atoms with Crippen LogP contribution in [-0.2, 0) is 0 Å². The minimum atomic E-state index is -2.63. The van der Waals surface area contributed by atoms with Gasteiger partial charge in [0, 0.05) is 6.07 Å². The van der Waals surface area contributed by atoms with Gasteiger partial charge in [-0.05, 0) is 54.2 Å². The summed E-state index contributed by atoms with van der Waals surface area (Å²) in [5.74, 6) is 0.604. The van der Waals surface area contributed by atoms with E-state index in [9.17, 15) is 13.6 Å². The topological polar surface area (TPSA) is 69.9 Å². The van der Waals surface area contributed by atoms with Crippen LogP contribution in [0.2, 0.25) is 0 Å². The molecule has 0 radical (unpaired) electrons. The van der Waals surface area contributed by atoms with Gasteiger partial charge in [0.05, 0.1) is 27.0 Å². The third-order valence-corrected chi connectivity index (χ3v) is 6.66. The zero-order valence-electron chi connectivity index (χ0n) is 17.8. The number of hydrogen-bond acceptors (Lipinski definition) is 6. The minimum absolute atomic E-state index is 0.0219. The molecular formula is C25H18F2N4O2S. The molecule has 0 saturated heterocycles. The molecule has 0 bridgehead atoms. The molecular weight excluding hydrogens is 458 g/mol. The van der Waals surface area contributed by atoms with Gasteiger partial charge in [-0.25, -0.2) is 18.7 Å². The van der Waals surface area contributed by atoms with Gasteiger partial charge in [0.15, 0.2) is 6.61 Å². The molecule has 5 aromatic rings. The SMILES string of the molecule is O=c1c(-c2ccc(C3CC3)cc2)c2nc(OCC(F)F)ccc2nn1-c1ccc2ncsc2c1. The predicted octanol–water partition coefficient (Wildman–Crippen LogP) is 5.58. The fourth-order valence-corrected chi connectivity index (χ4v) is 4.75. The van der Waals surface area contributed by atoms with E-state index in [0.29, 0.717) is 33.8 Å². The summed E-state index contributed by atoms with van der Waals surface area (Å²) in [5, 5.41) is 4.54. The summed E-state index contributed by atoms with van der Waals surface area (Å²) in [7, 11) is 0. The molecule has 0 unspecified atom stereocenters. The van der Waals surface area contributed by atoms with Gasteiger partial charge in [0.2, 0.25) is 5.88 Å². The molecule has 0 N–H and O–H groups in total. The summed E-state index contributed by atoms with van der Waals surface area (Å²) in [4.78, 5) is 22.4. The van der Waals surface area contributed by atoms with E-state index in [4.69, 9.17) is 4.74 Å². The number of nitrogens with zero attached hydrogens (tertiary/aromatic N) is 4. The van der Waals surface area contributed by atoms with Gasteiger partial charge in [-0.1, -0.05) is 24.3 Å². The van der Waals surface area contributed by atoms with Gasteiger partial charge < -0.3 is 4.74 Å². The highest BCUT2D eigenvalue weighted by Gasteiger charge is 2.24. The number of thiazole rings is 1. The van der Waals surface area contributed by atoms with E-state index in [1.54, 1.807) is 17.6 Å². The molecule has 0 aliphatic heterocycles. The van der Waals surface area contributed by atoms with Crippen molar-refractivity contribution in [2.45, 2.75) is 25.2 Å². The van der Waals surface area contributed by atoms with Gasteiger partial charge in [0.1, 0.15) is 11.0 Å². The molecule has 3 heterocycles. The fraction of sp³-hybridized carbons (Fsp3) is 0.200. The van der Waals surface area contributed by atoms with Gasteiger partial charge in [-0.2, -0.15) is 9.78 Å². The predicted molar refractivity (Wildman–Crippen MR) is 127 cm³/mol. The number of ether oxygens (including phenoxy) is 1. The molecule has 170 valence electrons. The number of aromatic nitrogens is 4. The third kappa shape index (κ3) is 3.81. The Balaban J connectivity index is 1.55. The van der Waals surface area contributed by atoms with Crippen molar-refractivity contribution in [2.24, 2.45) is 0 Å². The molecule has 1 aliphatic rings. The first kappa shape index (κ1) is 20.9. The summed E-state index contributed by atoms with van der Waals surface area (Å²) in [6.45, 7) is -0.775. The lowest BCUT2D eigenvalue weighted by Gasteiger charge is -2.13. The number of halogens is 2. The summed E-state index contributed by atoms with van der Waals surface area (Å²) in [6.07, 6.45) is -0.271. The smallest absolute Gasteiger partial charge is 0.281 e. The standard InChI is InChI=1S/C25H18F2N4O2S/c26-21(27)12-33-22-10-9-19-24(29-22)23(16-5-3-15(4-6-16)14-1-2-14)25(32)31(30-19)17-7-8-18-20(11-17)34-13-28-18/h3-11,13-14,21H,1-2,12H2. The van der Waals surface area contributed by atoms with Crippen LogP contribution < -0.4 is 10.3 Å². The summed E-state index contributed by atoms with van der Waals surface area (Å²) in [5.41, 5.74) is 5.90. The number of pyridine rings is 1. The Morgan fingerprint density at radius 1 is 1.06 bits per heavy atom. The number of benzene rings is 2. The quantitative estimate of drug-likeness (QED) is 0.320. The lowest BCUT2D eigenvalue weighted by molar-refractivity contribution is 0.0798. The van der Waals surface area contributed by atoms with E-state index in [2.05, 4.69) is 15.1 Å². The summed E-state index contributed by atoms with van der Waals surface area (Å²) >= 11 is 1.48. The number of hydrogen-bond donors (Lipinski definition) is 0. The van der Waals surface area contributed by atoms with E-state index in [-0.39, 0.29) is 11.4 Å². The second-order valence-corrected chi connectivity index (χ2v) is 9.10. The van der Waals surface area contributed by atoms with Crippen molar-refractivity contribution in [3.05, 3.63) is 76.0 Å². The van der Waals surface area contributed by atoms with E-state index in [0.717, 1.165) is 10.2 Å². The first-order valence-electron chi connectivity index (χ1n) is 10.9. The fourth-order valence-electron chi connectivity index (χ4n) is 4.04. The molecule has 6 nitrogen and oxygen atoms in total. The van der Waals surface area contributed by atoms with Crippen molar-refractivity contribution in [1.82, 2.24) is 19.7 Å². The van der Waals surface area contributed by atoms with Crippen molar-refractivity contribution in [3.8, 4) is 22.7 Å². The first-order chi connectivity index (χ1) is 16.6. The molecule has 0 amide bonds. The Morgan fingerprint density at radius 2 is 1.85 bits per heavy atom. The van der Waals surface area contributed by atoms with Crippen LogP contribution in [0.1, 0.15) is 24.3 Å². The lowest BCUT2D eigenvalue weighted by atomic mass is 10.0. The molecule has 0 spiro atoms. The molecule has 34 heavy (non-hydrogen) atoms. The average Bonchev–Trinajstić information content (AvgIpc) is 3.59. The monoisotopic (exact) mass is 476 g/mol. The number of fused-ring (bicyclic) bond motifs is 2. The second kappa shape index (κ2) is 8.25. The van der Waals surface area contributed by atoms with Crippen molar-refractivity contribution >= 4 is 32.6 Å². The molecule has 1 saturated carbocycles. The van der Waals surface area contributed by atoms with Crippen LogP contribution in [0.25, 0.3) is 38.1 Å². The van der Waals surface area contributed by atoms with E-state index in [1.807, 2.05) is 36.4 Å². The molecule has 6 rings (SSSR count). The lowest BCUT2D eigenvalue weighted by Crippen LogP contribution is -2.23. The van der Waals surface area contributed by atoms with Crippen LogP contribution >= 0.6 is 11.3 Å². The maximum atomic E-state index is 13.8. The van der Waals surface area contributed by atoms with E-state index in [1.165, 1.54) is 40.5 Å². The maximum Gasteiger partial charge on any atom is 0.281 e. The van der Waals surface area contributed by atoms with Gasteiger partial charge in [-0.15, -0.1) is 11.3 Å². The highest BCUT2D eigenvalue weighted by molar-refractivity contribution is 7.16. The molecule has 1 aliphatic carbocycles. The molecule has 1 fully saturated rings. The van der Waals surface area contributed by atoms with Crippen molar-refractivity contribution in [1.29, 1.82) is 0 Å². The second-order valence-electron chi connectivity index (χ2n) is 8.21. The molecule has 0 atom stereocenters. The normalized spacial score (nSPS) is 13.7.